The van der Waals surface area contributed by atoms with Crippen LogP contribution < -0.4 is 0 Å². The molecule has 0 aromatic carbocycles. The molecule has 0 radical (unpaired) electrons. The molecule has 5 aliphatic rings. The highest BCUT2D eigenvalue weighted by Crippen LogP contribution is 2.78. The molecule has 1 N–H and O–H groups in total. The second-order valence-corrected chi connectivity index (χ2v) is 15.2. The van der Waals surface area contributed by atoms with Crippen molar-refractivity contribution >= 4 is 0 Å². The van der Waals surface area contributed by atoms with Crippen LogP contribution in [-0.4, -0.2) is 11.2 Å². The third-order valence-corrected chi connectivity index (χ3v) is 14.1. The molecule has 1 nitrogen and oxygen atoms in total. The van der Waals surface area contributed by atoms with Gasteiger partial charge in [-0.05, 0) is 127 Å². The van der Waals surface area contributed by atoms with Crippen molar-refractivity contribution in [2.24, 2.45) is 62.6 Å². The number of hydrogen-bond donors (Lipinski definition) is 1. The average molecular weight is 441 g/mol. The smallest absolute Gasteiger partial charge is 0.0596 e. The predicted octanol–water partition coefficient (Wildman–Crippen LogP) is 8.27. The summed E-state index contributed by atoms with van der Waals surface area (Å²) in [7, 11) is 0. The monoisotopic (exact) mass is 440 g/mol. The summed E-state index contributed by atoms with van der Waals surface area (Å²) >= 11 is 0. The molecule has 5 fully saturated rings. The predicted molar refractivity (Wildman–Crippen MR) is 135 cm³/mol. The molecule has 5 rings (SSSR count). The molecule has 11 atom stereocenters. The molecular formula is C31H52O. The minimum atomic E-state index is -0.142. The number of fused-ring (bicyclic) bond motifs is 7. The maximum atomic E-state index is 11.1. The molecule has 5 aliphatic carbocycles. The topological polar surface area (TPSA) is 20.2 Å². The highest BCUT2D eigenvalue weighted by atomic mass is 16.3. The Morgan fingerprint density at radius 3 is 2.16 bits per heavy atom. The van der Waals surface area contributed by atoms with Crippen LogP contribution in [-0.2, 0) is 0 Å². The maximum absolute atomic E-state index is 11.1. The van der Waals surface area contributed by atoms with Gasteiger partial charge in [-0.15, -0.1) is 0 Å². The van der Waals surface area contributed by atoms with E-state index in [1.807, 2.05) is 0 Å². The highest BCUT2D eigenvalue weighted by molar-refractivity contribution is 5.21. The molecule has 0 heterocycles. The molecule has 0 amide bonds. The Morgan fingerprint density at radius 1 is 0.812 bits per heavy atom. The molecule has 0 aliphatic heterocycles. The first-order valence-corrected chi connectivity index (χ1v) is 14.1. The van der Waals surface area contributed by atoms with E-state index in [2.05, 4.69) is 62.0 Å². The lowest BCUT2D eigenvalue weighted by Gasteiger charge is -2.74. The van der Waals surface area contributed by atoms with E-state index >= 15 is 0 Å². The van der Waals surface area contributed by atoms with Crippen LogP contribution in [0.4, 0.5) is 0 Å². The van der Waals surface area contributed by atoms with Crippen molar-refractivity contribution in [2.75, 3.05) is 0 Å². The first-order chi connectivity index (χ1) is 14.7. The number of allylic oxidation sites excluding steroid dienone is 1. The van der Waals surface area contributed by atoms with Gasteiger partial charge in [0.15, 0.2) is 0 Å². The lowest BCUT2D eigenvalue weighted by atomic mass is 9.31. The Labute approximate surface area is 199 Å². The van der Waals surface area contributed by atoms with E-state index < -0.39 is 0 Å². The molecule has 182 valence electrons. The molecule has 0 aromatic rings. The van der Waals surface area contributed by atoms with Gasteiger partial charge in [0.2, 0.25) is 0 Å². The SMILES string of the molecule is C=C(C)[C@@H]1CC[C@]2(C)CC[C@]3(C)[C@H](CC[C@@H]4[C@@]5(C)C(C)C[C@H](O)C(C)(C)[C@@H]5CC[C@]43C)[C@@H]12. The summed E-state index contributed by atoms with van der Waals surface area (Å²) in [6, 6.07) is 0. The van der Waals surface area contributed by atoms with Crippen LogP contribution in [0.5, 0.6) is 0 Å². The normalized spacial score (nSPS) is 58.8. The summed E-state index contributed by atoms with van der Waals surface area (Å²) in [6.07, 6.45) is 12.0. The van der Waals surface area contributed by atoms with E-state index in [-0.39, 0.29) is 11.5 Å². The number of hydrogen-bond acceptors (Lipinski definition) is 1. The van der Waals surface area contributed by atoms with E-state index in [1.54, 1.807) is 0 Å². The van der Waals surface area contributed by atoms with E-state index in [0.717, 1.165) is 30.1 Å². The van der Waals surface area contributed by atoms with Gasteiger partial charge >= 0.3 is 0 Å². The van der Waals surface area contributed by atoms with Crippen molar-refractivity contribution in [1.29, 1.82) is 0 Å². The molecule has 1 heteroatoms. The Hall–Kier alpha value is -0.300. The van der Waals surface area contributed by atoms with Gasteiger partial charge in [-0.1, -0.05) is 60.6 Å². The average Bonchev–Trinajstić information content (AvgIpc) is 3.05. The van der Waals surface area contributed by atoms with Crippen molar-refractivity contribution in [3.63, 3.8) is 0 Å². The Morgan fingerprint density at radius 2 is 1.50 bits per heavy atom. The zero-order valence-electron chi connectivity index (χ0n) is 22.6. The highest BCUT2D eigenvalue weighted by Gasteiger charge is 2.71. The third-order valence-electron chi connectivity index (χ3n) is 14.1. The standard InChI is InChI=1S/C31H52O/c1-19(2)21-12-14-28(6)16-17-29(7)22(26(21)28)10-11-24-30(29,8)15-13-23-27(4,5)25(32)18-20(3)31(23,24)9/h20-26,32H,1,10-18H2,2-9H3/t20?,21-,22+,23-,24-,25-,26+,28+,29+,30+,31-/m0/s1. The molecule has 32 heavy (non-hydrogen) atoms. The van der Waals surface area contributed by atoms with Crippen molar-refractivity contribution < 1.29 is 5.11 Å². The van der Waals surface area contributed by atoms with Gasteiger partial charge in [0.1, 0.15) is 0 Å². The van der Waals surface area contributed by atoms with Crippen molar-refractivity contribution in [3.8, 4) is 0 Å². The number of aliphatic hydroxyl groups is 1. The maximum Gasteiger partial charge on any atom is 0.0596 e. The van der Waals surface area contributed by atoms with Gasteiger partial charge in [-0.3, -0.25) is 0 Å². The van der Waals surface area contributed by atoms with Gasteiger partial charge in [0, 0.05) is 0 Å². The molecule has 1 unspecified atom stereocenters. The van der Waals surface area contributed by atoms with Crippen molar-refractivity contribution in [1.82, 2.24) is 0 Å². The van der Waals surface area contributed by atoms with Gasteiger partial charge < -0.3 is 5.11 Å². The zero-order chi connectivity index (χ0) is 23.5. The molecule has 5 saturated carbocycles. The van der Waals surface area contributed by atoms with E-state index in [0.29, 0.717) is 33.5 Å². The molecular weight excluding hydrogens is 388 g/mol. The first-order valence-electron chi connectivity index (χ1n) is 14.1. The van der Waals surface area contributed by atoms with Crippen LogP contribution in [0.3, 0.4) is 0 Å². The van der Waals surface area contributed by atoms with Crippen molar-refractivity contribution in [3.05, 3.63) is 12.2 Å². The van der Waals surface area contributed by atoms with Gasteiger partial charge in [-0.25, -0.2) is 0 Å². The van der Waals surface area contributed by atoms with Crippen LogP contribution in [0.15, 0.2) is 12.2 Å². The van der Waals surface area contributed by atoms with Gasteiger partial charge in [0.25, 0.3) is 0 Å². The summed E-state index contributed by atoms with van der Waals surface area (Å²) in [5.74, 6) is 4.53. The van der Waals surface area contributed by atoms with E-state index in [9.17, 15) is 5.11 Å². The Bertz CT molecular complexity index is 796. The number of rotatable bonds is 1. The molecule has 0 bridgehead atoms. The van der Waals surface area contributed by atoms with E-state index in [1.165, 1.54) is 56.9 Å². The van der Waals surface area contributed by atoms with Crippen molar-refractivity contribution in [2.45, 2.75) is 119 Å². The summed E-state index contributed by atoms with van der Waals surface area (Å²) in [6.45, 7) is 24.8. The van der Waals surface area contributed by atoms with Crippen LogP contribution in [0.1, 0.15) is 113 Å². The van der Waals surface area contributed by atoms with Crippen LogP contribution in [0.2, 0.25) is 0 Å². The number of aliphatic hydroxyl groups excluding tert-OH is 1. The minimum absolute atomic E-state index is 0.0436. The Balaban J connectivity index is 1.57. The summed E-state index contributed by atoms with van der Waals surface area (Å²) in [5.41, 5.74) is 3.28. The fourth-order valence-electron chi connectivity index (χ4n) is 11.8. The minimum Gasteiger partial charge on any atom is -0.393 e. The molecule has 0 aromatic heterocycles. The second-order valence-electron chi connectivity index (χ2n) is 15.2. The first kappa shape index (κ1) is 23.4. The fourth-order valence-corrected chi connectivity index (χ4v) is 11.8. The van der Waals surface area contributed by atoms with Crippen LogP contribution in [0, 0.1) is 62.6 Å². The van der Waals surface area contributed by atoms with E-state index in [4.69, 9.17) is 0 Å². The third kappa shape index (κ3) is 2.62. The quantitative estimate of drug-likeness (QED) is 0.407. The van der Waals surface area contributed by atoms with Crippen LogP contribution in [0.25, 0.3) is 0 Å². The lowest BCUT2D eigenvalue weighted by molar-refractivity contribution is -0.260. The molecule has 0 spiro atoms. The summed E-state index contributed by atoms with van der Waals surface area (Å²) in [5, 5.41) is 11.1. The van der Waals surface area contributed by atoms with Gasteiger partial charge in [-0.2, -0.15) is 0 Å². The molecule has 0 saturated heterocycles. The van der Waals surface area contributed by atoms with Crippen LogP contribution >= 0.6 is 0 Å². The fraction of sp³-hybridized carbons (Fsp3) is 0.935. The zero-order valence-corrected chi connectivity index (χ0v) is 22.6. The van der Waals surface area contributed by atoms with Gasteiger partial charge in [0.05, 0.1) is 6.10 Å². The largest absolute Gasteiger partial charge is 0.393 e. The lowest BCUT2D eigenvalue weighted by Crippen LogP contribution is -2.68. The summed E-state index contributed by atoms with van der Waals surface area (Å²) < 4.78 is 0. The summed E-state index contributed by atoms with van der Waals surface area (Å²) in [4.78, 5) is 0. The second kappa shape index (κ2) is 6.89. The Kier molecular flexibility index (Phi) is 5.05.